The maximum atomic E-state index is 13.8. The van der Waals surface area contributed by atoms with E-state index in [-0.39, 0.29) is 5.56 Å². The quantitative estimate of drug-likeness (QED) is 0.658. The molecule has 5 rings (SSSR count). The summed E-state index contributed by atoms with van der Waals surface area (Å²) in [5.74, 6) is 0.848. The summed E-state index contributed by atoms with van der Waals surface area (Å²) in [6, 6.07) is 8.71. The molecule has 2 heterocycles. The van der Waals surface area contributed by atoms with Gasteiger partial charge in [-0.1, -0.05) is 37.5 Å². The van der Waals surface area contributed by atoms with Gasteiger partial charge in [-0.3, -0.25) is 9.36 Å². The summed E-state index contributed by atoms with van der Waals surface area (Å²) < 4.78 is 1.88. The van der Waals surface area contributed by atoms with E-state index in [0.29, 0.717) is 12.6 Å². The zero-order valence-corrected chi connectivity index (χ0v) is 18.0. The smallest absolute Gasteiger partial charge is 0.267 e. The number of rotatable bonds is 4. The van der Waals surface area contributed by atoms with Gasteiger partial charge >= 0.3 is 0 Å². The Morgan fingerprint density at radius 1 is 1.10 bits per heavy atom. The number of hydrogen-bond acceptors (Lipinski definition) is 4. The number of para-hydroxylation sites is 1. The predicted molar refractivity (Wildman–Crippen MR) is 120 cm³/mol. The lowest BCUT2D eigenvalue weighted by atomic mass is 9.95. The molecule has 0 bridgehead atoms. The number of aryl methyl sites for hydroxylation is 3. The molecule has 0 spiro atoms. The Labute approximate surface area is 176 Å². The molecule has 0 aliphatic heterocycles. The molecule has 152 valence electrons. The molecule has 0 radical (unpaired) electrons. The zero-order chi connectivity index (χ0) is 19.8. The Bertz CT molecular complexity index is 1090. The van der Waals surface area contributed by atoms with Gasteiger partial charge in [0.2, 0.25) is 0 Å². The van der Waals surface area contributed by atoms with E-state index in [1.165, 1.54) is 55.4 Å². The third kappa shape index (κ3) is 3.55. The minimum absolute atomic E-state index is 0.115. The van der Waals surface area contributed by atoms with Crippen molar-refractivity contribution in [2.45, 2.75) is 77.3 Å². The van der Waals surface area contributed by atoms with Crippen LogP contribution in [0.25, 0.3) is 15.9 Å². The number of aromatic nitrogens is 2. The monoisotopic (exact) mass is 407 g/mol. The molecule has 0 amide bonds. The summed E-state index contributed by atoms with van der Waals surface area (Å²) >= 11 is 1.75. The first kappa shape index (κ1) is 19.0. The highest BCUT2D eigenvalue weighted by molar-refractivity contribution is 7.18. The maximum Gasteiger partial charge on any atom is 0.267 e. The average molecular weight is 408 g/mol. The van der Waals surface area contributed by atoms with Crippen LogP contribution in [-0.2, 0) is 19.4 Å². The molecule has 2 aliphatic rings. The van der Waals surface area contributed by atoms with Crippen LogP contribution in [0.4, 0.5) is 0 Å². The van der Waals surface area contributed by atoms with E-state index >= 15 is 0 Å². The molecule has 0 atom stereocenters. The van der Waals surface area contributed by atoms with Gasteiger partial charge in [0.1, 0.15) is 10.7 Å². The van der Waals surface area contributed by atoms with Crippen LogP contribution < -0.4 is 10.9 Å². The summed E-state index contributed by atoms with van der Waals surface area (Å²) in [7, 11) is 0. The first-order valence-corrected chi connectivity index (χ1v) is 11.9. The molecule has 0 unspecified atom stereocenters. The van der Waals surface area contributed by atoms with Crippen LogP contribution in [0.15, 0.2) is 29.1 Å². The van der Waals surface area contributed by atoms with Crippen molar-refractivity contribution in [2.24, 2.45) is 0 Å². The summed E-state index contributed by atoms with van der Waals surface area (Å²) in [6.45, 7) is 2.72. The Kier molecular flexibility index (Phi) is 5.27. The third-order valence-electron chi connectivity index (χ3n) is 6.57. The van der Waals surface area contributed by atoms with Crippen LogP contribution in [0.3, 0.4) is 0 Å². The molecule has 2 aliphatic carbocycles. The fourth-order valence-electron chi connectivity index (χ4n) is 4.97. The van der Waals surface area contributed by atoms with Crippen LogP contribution in [0.1, 0.15) is 66.8 Å². The second-order valence-electron chi connectivity index (χ2n) is 8.56. The molecule has 3 aromatic rings. The van der Waals surface area contributed by atoms with E-state index in [4.69, 9.17) is 4.98 Å². The van der Waals surface area contributed by atoms with Gasteiger partial charge in [-0.15, -0.1) is 11.3 Å². The van der Waals surface area contributed by atoms with Crippen molar-refractivity contribution in [1.82, 2.24) is 14.9 Å². The van der Waals surface area contributed by atoms with Crippen LogP contribution in [-0.4, -0.2) is 15.6 Å². The maximum absolute atomic E-state index is 13.8. The molecular weight excluding hydrogens is 378 g/mol. The van der Waals surface area contributed by atoms with Crippen molar-refractivity contribution in [3.05, 3.63) is 56.4 Å². The van der Waals surface area contributed by atoms with E-state index in [2.05, 4.69) is 18.3 Å². The molecule has 0 saturated heterocycles. The number of benzene rings is 1. The highest BCUT2D eigenvalue weighted by Gasteiger charge is 2.23. The normalized spacial score (nSPS) is 17.6. The SMILES string of the molecule is Cc1ccccc1-n1c(CNC2CCCCC2)nc2sc3c(c2c1=O)CCCC3. The average Bonchev–Trinajstić information content (AvgIpc) is 3.12. The van der Waals surface area contributed by atoms with Gasteiger partial charge < -0.3 is 5.32 Å². The fraction of sp³-hybridized carbons (Fsp3) is 0.500. The first-order valence-electron chi connectivity index (χ1n) is 11.1. The van der Waals surface area contributed by atoms with Gasteiger partial charge in [0.25, 0.3) is 5.56 Å². The van der Waals surface area contributed by atoms with Crippen molar-refractivity contribution in [1.29, 1.82) is 0 Å². The molecule has 1 aromatic carbocycles. The molecule has 1 fully saturated rings. The Morgan fingerprint density at radius 2 is 1.90 bits per heavy atom. The minimum Gasteiger partial charge on any atom is -0.307 e. The molecule has 2 aromatic heterocycles. The van der Waals surface area contributed by atoms with E-state index in [9.17, 15) is 4.79 Å². The molecule has 1 saturated carbocycles. The highest BCUT2D eigenvalue weighted by Crippen LogP contribution is 2.34. The van der Waals surface area contributed by atoms with Crippen molar-refractivity contribution in [3.63, 3.8) is 0 Å². The summed E-state index contributed by atoms with van der Waals surface area (Å²) in [5, 5.41) is 4.57. The van der Waals surface area contributed by atoms with Gasteiger partial charge in [0.05, 0.1) is 17.6 Å². The van der Waals surface area contributed by atoms with Crippen LogP contribution in [0.2, 0.25) is 0 Å². The van der Waals surface area contributed by atoms with Crippen molar-refractivity contribution >= 4 is 21.6 Å². The zero-order valence-electron chi connectivity index (χ0n) is 17.2. The standard InChI is InChI=1S/C24H29N3OS/c1-16-9-5-7-13-19(16)27-21(15-25-17-10-3-2-4-11-17)26-23-22(24(27)28)18-12-6-8-14-20(18)29-23/h5,7,9,13,17,25H,2-4,6,8,10-12,14-15H2,1H3. The van der Waals surface area contributed by atoms with Gasteiger partial charge in [-0.2, -0.15) is 0 Å². The van der Waals surface area contributed by atoms with Gasteiger partial charge in [-0.05, 0) is 62.6 Å². The van der Waals surface area contributed by atoms with Crippen molar-refractivity contribution < 1.29 is 0 Å². The number of nitrogens with zero attached hydrogens (tertiary/aromatic N) is 2. The lowest BCUT2D eigenvalue weighted by Crippen LogP contribution is -2.34. The number of hydrogen-bond donors (Lipinski definition) is 1. The largest absolute Gasteiger partial charge is 0.307 e. The highest BCUT2D eigenvalue weighted by atomic mass is 32.1. The summed E-state index contributed by atoms with van der Waals surface area (Å²) in [6.07, 6.45) is 10.9. The van der Waals surface area contributed by atoms with Gasteiger partial charge in [-0.25, -0.2) is 4.98 Å². The number of thiophene rings is 1. The minimum atomic E-state index is 0.115. The van der Waals surface area contributed by atoms with Crippen LogP contribution in [0, 0.1) is 6.92 Å². The van der Waals surface area contributed by atoms with E-state index < -0.39 is 0 Å². The number of nitrogens with one attached hydrogen (secondary N) is 1. The van der Waals surface area contributed by atoms with Gasteiger partial charge in [0, 0.05) is 10.9 Å². The van der Waals surface area contributed by atoms with Gasteiger partial charge in [0.15, 0.2) is 0 Å². The van der Waals surface area contributed by atoms with E-state index in [1.54, 1.807) is 11.3 Å². The Hall–Kier alpha value is -1.98. The molecule has 1 N–H and O–H groups in total. The van der Waals surface area contributed by atoms with Crippen molar-refractivity contribution in [2.75, 3.05) is 0 Å². The Balaban J connectivity index is 1.64. The Morgan fingerprint density at radius 3 is 2.72 bits per heavy atom. The third-order valence-corrected chi connectivity index (χ3v) is 7.75. The molecule has 5 heteroatoms. The second kappa shape index (κ2) is 8.04. The van der Waals surface area contributed by atoms with Crippen molar-refractivity contribution in [3.8, 4) is 5.69 Å². The molecular formula is C24H29N3OS. The summed E-state index contributed by atoms with van der Waals surface area (Å²) in [4.78, 5) is 21.2. The fourth-order valence-corrected chi connectivity index (χ4v) is 6.24. The van der Waals surface area contributed by atoms with Crippen LogP contribution in [0.5, 0.6) is 0 Å². The first-order chi connectivity index (χ1) is 14.2. The lowest BCUT2D eigenvalue weighted by Gasteiger charge is -2.23. The molecule has 29 heavy (non-hydrogen) atoms. The predicted octanol–water partition coefficient (Wildman–Crippen LogP) is 5.06. The van der Waals surface area contributed by atoms with E-state index in [1.807, 2.05) is 22.8 Å². The second-order valence-corrected chi connectivity index (χ2v) is 9.65. The molecule has 4 nitrogen and oxygen atoms in total. The summed E-state index contributed by atoms with van der Waals surface area (Å²) in [5.41, 5.74) is 3.45. The van der Waals surface area contributed by atoms with E-state index in [0.717, 1.165) is 40.1 Å². The lowest BCUT2D eigenvalue weighted by molar-refractivity contribution is 0.368. The topological polar surface area (TPSA) is 46.9 Å². The van der Waals surface area contributed by atoms with Crippen LogP contribution >= 0.6 is 11.3 Å². The number of fused-ring (bicyclic) bond motifs is 3.